The van der Waals surface area contributed by atoms with E-state index in [1.54, 1.807) is 5.56 Å². The van der Waals surface area contributed by atoms with E-state index in [2.05, 4.69) is 12.1 Å². The second-order valence-corrected chi connectivity index (χ2v) is 4.36. The first-order valence-electron chi connectivity index (χ1n) is 5.31. The van der Waals surface area contributed by atoms with Crippen molar-refractivity contribution < 1.29 is 9.47 Å². The van der Waals surface area contributed by atoms with Crippen LogP contribution in [-0.4, -0.2) is 13.2 Å². The van der Waals surface area contributed by atoms with Gasteiger partial charge < -0.3 is 9.47 Å². The fourth-order valence-corrected chi connectivity index (χ4v) is 2.86. The molecule has 1 heterocycles. The quantitative estimate of drug-likeness (QED) is 0.615. The van der Waals surface area contributed by atoms with Crippen molar-refractivity contribution in [2.24, 2.45) is 0 Å². The lowest BCUT2D eigenvalue weighted by molar-refractivity contribution is -0.182. The molecule has 0 N–H and O–H groups in total. The Morgan fingerprint density at radius 1 is 1.00 bits per heavy atom. The van der Waals surface area contributed by atoms with Crippen molar-refractivity contribution in [3.05, 3.63) is 34.4 Å². The summed E-state index contributed by atoms with van der Waals surface area (Å²) in [5.74, 6) is -0.333. The van der Waals surface area contributed by atoms with Crippen molar-refractivity contribution >= 4 is 0 Å². The van der Waals surface area contributed by atoms with E-state index < -0.39 is 0 Å². The molecule has 0 aromatic heterocycles. The first-order chi connectivity index (χ1) is 6.89. The molecule has 72 valence electrons. The van der Waals surface area contributed by atoms with Crippen LogP contribution in [0.4, 0.5) is 0 Å². The highest BCUT2D eigenvalue weighted by atomic mass is 16.7. The van der Waals surface area contributed by atoms with Gasteiger partial charge in [0.05, 0.1) is 13.2 Å². The average Bonchev–Trinajstić information content (AvgIpc) is 2.58. The van der Waals surface area contributed by atoms with E-state index in [4.69, 9.17) is 9.47 Å². The van der Waals surface area contributed by atoms with E-state index in [1.165, 1.54) is 29.5 Å². The maximum atomic E-state index is 5.70. The topological polar surface area (TPSA) is 18.5 Å². The zero-order valence-corrected chi connectivity index (χ0v) is 8.01. The molecular formula is C12H12O2. The minimum absolute atomic E-state index is 0.333. The number of ether oxygens (including phenoxy) is 2. The highest BCUT2D eigenvalue weighted by Gasteiger charge is 2.49. The molecule has 1 spiro atoms. The maximum Gasteiger partial charge on any atom is 0.199 e. The smallest absolute Gasteiger partial charge is 0.199 e. The largest absolute Gasteiger partial charge is 0.343 e. The molecule has 2 aliphatic carbocycles. The molecule has 0 bridgehead atoms. The van der Waals surface area contributed by atoms with Crippen LogP contribution in [-0.2, 0) is 34.5 Å². The van der Waals surface area contributed by atoms with Crippen LogP contribution in [0.3, 0.4) is 0 Å². The molecule has 1 aromatic rings. The van der Waals surface area contributed by atoms with Gasteiger partial charge in [0, 0.05) is 12.0 Å². The molecule has 0 atom stereocenters. The van der Waals surface area contributed by atoms with Gasteiger partial charge in [-0.2, -0.15) is 0 Å². The molecule has 4 rings (SSSR count). The molecule has 1 aromatic carbocycles. The van der Waals surface area contributed by atoms with Gasteiger partial charge in [0.2, 0.25) is 0 Å². The number of hydrogen-bond donors (Lipinski definition) is 0. The van der Waals surface area contributed by atoms with Crippen molar-refractivity contribution in [2.45, 2.75) is 25.0 Å². The molecule has 1 aliphatic heterocycles. The van der Waals surface area contributed by atoms with Crippen LogP contribution in [0.2, 0.25) is 0 Å². The Labute approximate surface area is 82.8 Å². The van der Waals surface area contributed by atoms with E-state index in [0.29, 0.717) is 0 Å². The molecule has 0 saturated carbocycles. The Morgan fingerprint density at radius 2 is 1.86 bits per heavy atom. The molecule has 1 fully saturated rings. The van der Waals surface area contributed by atoms with E-state index in [9.17, 15) is 0 Å². The molecule has 14 heavy (non-hydrogen) atoms. The number of aryl methyl sites for hydroxylation is 1. The fraction of sp³-hybridized carbons (Fsp3) is 0.500. The monoisotopic (exact) mass is 188 g/mol. The Balaban J connectivity index is 1.87. The maximum absolute atomic E-state index is 5.70. The van der Waals surface area contributed by atoms with E-state index in [0.717, 1.165) is 19.6 Å². The van der Waals surface area contributed by atoms with Crippen LogP contribution in [0.25, 0.3) is 0 Å². The van der Waals surface area contributed by atoms with Gasteiger partial charge in [-0.1, -0.05) is 12.1 Å². The molecule has 0 amide bonds. The molecular weight excluding hydrogens is 176 g/mol. The highest BCUT2D eigenvalue weighted by Crippen LogP contribution is 2.49. The molecule has 0 unspecified atom stereocenters. The van der Waals surface area contributed by atoms with Gasteiger partial charge in [0.15, 0.2) is 5.79 Å². The third-order valence-corrected chi connectivity index (χ3v) is 3.75. The first-order valence-corrected chi connectivity index (χ1v) is 5.31. The Bertz CT molecular complexity index is 417. The molecule has 0 radical (unpaired) electrons. The van der Waals surface area contributed by atoms with E-state index in [-0.39, 0.29) is 5.79 Å². The van der Waals surface area contributed by atoms with Crippen molar-refractivity contribution in [3.63, 3.8) is 0 Å². The summed E-state index contributed by atoms with van der Waals surface area (Å²) in [7, 11) is 0. The third-order valence-electron chi connectivity index (χ3n) is 3.75. The Kier molecular flexibility index (Phi) is 1.17. The Morgan fingerprint density at radius 3 is 2.57 bits per heavy atom. The zero-order chi connectivity index (χ0) is 9.17. The minimum atomic E-state index is -0.333. The number of hydrogen-bond acceptors (Lipinski definition) is 2. The van der Waals surface area contributed by atoms with Crippen molar-refractivity contribution in [2.75, 3.05) is 13.2 Å². The van der Waals surface area contributed by atoms with E-state index in [1.807, 2.05) is 0 Å². The predicted octanol–water partition coefficient (Wildman–Crippen LogP) is 1.54. The highest BCUT2D eigenvalue weighted by molar-refractivity contribution is 5.54. The van der Waals surface area contributed by atoms with Crippen LogP contribution in [0.15, 0.2) is 12.1 Å². The number of rotatable bonds is 0. The molecule has 3 aliphatic rings. The number of benzene rings is 1. The van der Waals surface area contributed by atoms with Crippen molar-refractivity contribution in [1.29, 1.82) is 0 Å². The van der Waals surface area contributed by atoms with Gasteiger partial charge in [-0.3, -0.25) is 0 Å². The summed E-state index contributed by atoms with van der Waals surface area (Å²) in [5.41, 5.74) is 5.92. The predicted molar refractivity (Wildman–Crippen MR) is 51.1 cm³/mol. The SMILES string of the molecule is c1cc2c(c3c1CC3)CC21OCCO1. The second-order valence-electron chi connectivity index (χ2n) is 4.36. The van der Waals surface area contributed by atoms with Gasteiger partial charge in [-0.25, -0.2) is 0 Å². The summed E-state index contributed by atoms with van der Waals surface area (Å²) in [6.45, 7) is 1.49. The lowest BCUT2D eigenvalue weighted by Gasteiger charge is -2.42. The first kappa shape index (κ1) is 7.43. The van der Waals surface area contributed by atoms with Gasteiger partial charge in [0.25, 0.3) is 0 Å². The molecule has 2 heteroatoms. The lowest BCUT2D eigenvalue weighted by Crippen LogP contribution is -2.42. The van der Waals surface area contributed by atoms with Gasteiger partial charge in [-0.15, -0.1) is 0 Å². The van der Waals surface area contributed by atoms with Crippen LogP contribution >= 0.6 is 0 Å². The van der Waals surface area contributed by atoms with Gasteiger partial charge >= 0.3 is 0 Å². The summed E-state index contributed by atoms with van der Waals surface area (Å²) >= 11 is 0. The van der Waals surface area contributed by atoms with Gasteiger partial charge in [-0.05, 0) is 29.5 Å². The minimum Gasteiger partial charge on any atom is -0.343 e. The van der Waals surface area contributed by atoms with Crippen molar-refractivity contribution in [1.82, 2.24) is 0 Å². The Hall–Kier alpha value is -0.860. The van der Waals surface area contributed by atoms with E-state index >= 15 is 0 Å². The van der Waals surface area contributed by atoms with Crippen LogP contribution in [0.5, 0.6) is 0 Å². The van der Waals surface area contributed by atoms with Crippen LogP contribution in [0, 0.1) is 0 Å². The second kappa shape index (κ2) is 2.20. The summed E-state index contributed by atoms with van der Waals surface area (Å²) in [5, 5.41) is 0. The summed E-state index contributed by atoms with van der Waals surface area (Å²) < 4.78 is 11.4. The summed E-state index contributed by atoms with van der Waals surface area (Å²) in [6, 6.07) is 4.44. The van der Waals surface area contributed by atoms with Crippen molar-refractivity contribution in [3.8, 4) is 0 Å². The zero-order valence-electron chi connectivity index (χ0n) is 8.01. The summed E-state index contributed by atoms with van der Waals surface area (Å²) in [6.07, 6.45) is 3.50. The standard InChI is InChI=1S/C12H12O2/c1-3-9-8(1)2-4-11-10(9)7-12(11)13-5-6-14-12/h2,4H,1,3,5-7H2. The third kappa shape index (κ3) is 0.677. The van der Waals surface area contributed by atoms with Crippen LogP contribution < -0.4 is 0 Å². The number of fused-ring (bicyclic) bond motifs is 4. The van der Waals surface area contributed by atoms with Crippen LogP contribution in [0.1, 0.15) is 22.3 Å². The fourth-order valence-electron chi connectivity index (χ4n) is 2.86. The average molecular weight is 188 g/mol. The van der Waals surface area contributed by atoms with Gasteiger partial charge in [0.1, 0.15) is 0 Å². The molecule has 2 nitrogen and oxygen atoms in total. The summed E-state index contributed by atoms with van der Waals surface area (Å²) in [4.78, 5) is 0. The normalized spacial score (nSPS) is 25.1. The lowest BCUT2D eigenvalue weighted by atomic mass is 9.72. The molecule has 1 saturated heterocycles.